The SMILES string of the molecule is CCOC(=O)CSc1nnc(CNC(=O)C23CC4CC(CC(C4)C2)C3)n1-c1c(C)cccc1CC. The molecule has 6 rings (SSSR count). The van der Waals surface area contributed by atoms with Crippen LogP contribution in [0.5, 0.6) is 0 Å². The molecule has 8 heteroatoms. The van der Waals surface area contributed by atoms with E-state index in [4.69, 9.17) is 4.74 Å². The van der Waals surface area contributed by atoms with Crippen molar-refractivity contribution in [2.75, 3.05) is 12.4 Å². The summed E-state index contributed by atoms with van der Waals surface area (Å²) in [5.41, 5.74) is 3.12. The number of carbonyl (C=O) groups is 2. The predicted molar refractivity (Wildman–Crippen MR) is 135 cm³/mol. The number of nitrogens with one attached hydrogen (secondary N) is 1. The molecule has 1 heterocycles. The maximum Gasteiger partial charge on any atom is 0.316 e. The van der Waals surface area contributed by atoms with Crippen LogP contribution in [-0.2, 0) is 27.3 Å². The molecule has 4 bridgehead atoms. The first kappa shape index (κ1) is 24.3. The minimum absolute atomic E-state index is 0.166. The van der Waals surface area contributed by atoms with Crippen molar-refractivity contribution in [1.29, 1.82) is 0 Å². The van der Waals surface area contributed by atoms with Crippen LogP contribution in [-0.4, -0.2) is 39.0 Å². The molecule has 7 nitrogen and oxygen atoms in total. The molecule has 0 aliphatic heterocycles. The molecule has 4 aliphatic carbocycles. The van der Waals surface area contributed by atoms with E-state index < -0.39 is 0 Å². The van der Waals surface area contributed by atoms with E-state index in [0.29, 0.717) is 24.1 Å². The van der Waals surface area contributed by atoms with E-state index in [1.54, 1.807) is 6.92 Å². The second kappa shape index (κ2) is 9.96. The van der Waals surface area contributed by atoms with Gasteiger partial charge in [-0.3, -0.25) is 14.2 Å². The van der Waals surface area contributed by atoms with Gasteiger partial charge in [0.05, 0.1) is 24.6 Å². The van der Waals surface area contributed by atoms with Crippen molar-refractivity contribution in [3.63, 3.8) is 0 Å². The van der Waals surface area contributed by atoms with Crippen LogP contribution >= 0.6 is 11.8 Å². The van der Waals surface area contributed by atoms with E-state index >= 15 is 0 Å². The van der Waals surface area contributed by atoms with E-state index in [-0.39, 0.29) is 23.0 Å². The fraction of sp³-hybridized carbons (Fsp3) is 0.630. The molecule has 4 saturated carbocycles. The highest BCUT2D eigenvalue weighted by Crippen LogP contribution is 2.60. The van der Waals surface area contributed by atoms with Gasteiger partial charge in [0, 0.05) is 5.41 Å². The van der Waals surface area contributed by atoms with Crippen molar-refractivity contribution in [3.8, 4) is 5.69 Å². The third-order valence-electron chi connectivity index (χ3n) is 8.18. The van der Waals surface area contributed by atoms with E-state index in [2.05, 4.69) is 47.6 Å². The topological polar surface area (TPSA) is 86.1 Å². The van der Waals surface area contributed by atoms with Gasteiger partial charge in [0.1, 0.15) is 0 Å². The van der Waals surface area contributed by atoms with Crippen molar-refractivity contribution in [2.24, 2.45) is 23.2 Å². The standard InChI is InChI=1S/C27H36N4O3S/c1-4-21-8-6-7-17(3)24(21)31-22(29-30-26(31)35-16-23(32)34-5-2)15-28-25(33)27-12-18-9-19(13-27)11-20(10-18)14-27/h6-8,18-20H,4-5,9-16H2,1-3H3,(H,28,33). The molecule has 1 aromatic carbocycles. The Hall–Kier alpha value is -2.35. The van der Waals surface area contributed by atoms with Crippen molar-refractivity contribution in [1.82, 2.24) is 20.1 Å². The zero-order valence-corrected chi connectivity index (χ0v) is 21.8. The Labute approximate surface area is 211 Å². The first-order chi connectivity index (χ1) is 16.9. The largest absolute Gasteiger partial charge is 0.465 e. The van der Waals surface area contributed by atoms with E-state index in [9.17, 15) is 9.59 Å². The zero-order valence-electron chi connectivity index (χ0n) is 21.0. The van der Waals surface area contributed by atoms with Crippen LogP contribution in [0.15, 0.2) is 23.4 Å². The summed E-state index contributed by atoms with van der Waals surface area (Å²) in [4.78, 5) is 25.6. The van der Waals surface area contributed by atoms with Crippen LogP contribution < -0.4 is 5.32 Å². The molecular formula is C27H36N4O3S. The van der Waals surface area contributed by atoms with Crippen molar-refractivity contribution in [2.45, 2.75) is 77.4 Å². The highest BCUT2D eigenvalue weighted by molar-refractivity contribution is 7.99. The zero-order chi connectivity index (χ0) is 24.6. The molecule has 188 valence electrons. The normalized spacial score (nSPS) is 26.7. The van der Waals surface area contributed by atoms with Gasteiger partial charge < -0.3 is 10.1 Å². The predicted octanol–water partition coefficient (Wildman–Crippen LogP) is 4.63. The fourth-order valence-electron chi connectivity index (χ4n) is 7.12. The summed E-state index contributed by atoms with van der Waals surface area (Å²) in [7, 11) is 0. The number of aryl methyl sites for hydroxylation is 2. The summed E-state index contributed by atoms with van der Waals surface area (Å²) in [5, 5.41) is 12.8. The Morgan fingerprint density at radius 2 is 1.80 bits per heavy atom. The lowest BCUT2D eigenvalue weighted by Crippen LogP contribution is -2.53. The van der Waals surface area contributed by atoms with Crippen LogP contribution in [0.1, 0.15) is 69.3 Å². The van der Waals surface area contributed by atoms with Gasteiger partial charge in [-0.25, -0.2) is 0 Å². The fourth-order valence-corrected chi connectivity index (χ4v) is 7.87. The number of para-hydroxylation sites is 1. The Bertz CT molecular complexity index is 1080. The molecule has 0 spiro atoms. The Kier molecular flexibility index (Phi) is 6.93. The van der Waals surface area contributed by atoms with Crippen molar-refractivity contribution < 1.29 is 14.3 Å². The van der Waals surface area contributed by atoms with Crippen LogP contribution in [0, 0.1) is 30.1 Å². The average Bonchev–Trinajstić information content (AvgIpc) is 3.22. The number of hydrogen-bond donors (Lipinski definition) is 1. The molecular weight excluding hydrogens is 460 g/mol. The third-order valence-corrected chi connectivity index (χ3v) is 9.08. The molecule has 0 atom stereocenters. The molecule has 1 N–H and O–H groups in total. The highest BCUT2D eigenvalue weighted by Gasteiger charge is 2.54. The number of amides is 1. The average molecular weight is 497 g/mol. The second-order valence-electron chi connectivity index (χ2n) is 10.6. The number of carbonyl (C=O) groups excluding carboxylic acids is 2. The van der Waals surface area contributed by atoms with Crippen molar-refractivity contribution in [3.05, 3.63) is 35.2 Å². The second-order valence-corrected chi connectivity index (χ2v) is 11.6. The molecule has 1 amide bonds. The molecule has 1 aromatic heterocycles. The van der Waals surface area contributed by atoms with Gasteiger partial charge in [-0.15, -0.1) is 10.2 Å². The molecule has 4 aliphatic rings. The summed E-state index contributed by atoms with van der Waals surface area (Å²) in [6.45, 7) is 6.68. The minimum Gasteiger partial charge on any atom is -0.465 e. The molecule has 4 fully saturated rings. The molecule has 0 saturated heterocycles. The minimum atomic E-state index is -0.274. The number of esters is 1. The number of hydrogen-bond acceptors (Lipinski definition) is 6. The van der Waals surface area contributed by atoms with Gasteiger partial charge in [-0.2, -0.15) is 0 Å². The van der Waals surface area contributed by atoms with Crippen LogP contribution in [0.25, 0.3) is 5.69 Å². The quantitative estimate of drug-likeness (QED) is 0.403. The Morgan fingerprint density at radius 3 is 2.43 bits per heavy atom. The number of nitrogens with zero attached hydrogens (tertiary/aromatic N) is 3. The summed E-state index contributed by atoms with van der Waals surface area (Å²) in [5.74, 6) is 2.94. The lowest BCUT2D eigenvalue weighted by Gasteiger charge is -2.55. The van der Waals surface area contributed by atoms with E-state index in [1.165, 1.54) is 36.6 Å². The monoisotopic (exact) mass is 496 g/mol. The Balaban J connectivity index is 1.40. The lowest BCUT2D eigenvalue weighted by atomic mass is 9.49. The van der Waals surface area contributed by atoms with Gasteiger partial charge in [-0.1, -0.05) is 36.9 Å². The number of ether oxygens (including phenoxy) is 1. The van der Waals surface area contributed by atoms with E-state index in [0.717, 1.165) is 54.7 Å². The Morgan fingerprint density at radius 1 is 1.11 bits per heavy atom. The first-order valence-electron chi connectivity index (χ1n) is 13.0. The highest BCUT2D eigenvalue weighted by atomic mass is 32.2. The van der Waals surface area contributed by atoms with Crippen LogP contribution in [0.3, 0.4) is 0 Å². The summed E-state index contributed by atoms with van der Waals surface area (Å²) in [6, 6.07) is 6.24. The third kappa shape index (κ3) is 4.74. The van der Waals surface area contributed by atoms with Crippen LogP contribution in [0.2, 0.25) is 0 Å². The molecule has 0 radical (unpaired) electrons. The first-order valence-corrected chi connectivity index (χ1v) is 14.0. The smallest absolute Gasteiger partial charge is 0.316 e. The lowest BCUT2D eigenvalue weighted by molar-refractivity contribution is -0.146. The van der Waals surface area contributed by atoms with Gasteiger partial charge >= 0.3 is 5.97 Å². The molecule has 0 unspecified atom stereocenters. The number of thioether (sulfide) groups is 1. The summed E-state index contributed by atoms with van der Waals surface area (Å²) >= 11 is 1.32. The van der Waals surface area contributed by atoms with E-state index in [1.807, 2.05) is 4.57 Å². The number of rotatable bonds is 9. The molecule has 35 heavy (non-hydrogen) atoms. The summed E-state index contributed by atoms with van der Waals surface area (Å²) in [6.07, 6.45) is 7.91. The van der Waals surface area contributed by atoms with Gasteiger partial charge in [0.25, 0.3) is 0 Å². The van der Waals surface area contributed by atoms with Crippen molar-refractivity contribution >= 4 is 23.6 Å². The summed E-state index contributed by atoms with van der Waals surface area (Å²) < 4.78 is 7.13. The maximum atomic E-state index is 13.6. The molecule has 2 aromatic rings. The van der Waals surface area contributed by atoms with Gasteiger partial charge in [-0.05, 0) is 87.7 Å². The van der Waals surface area contributed by atoms with Gasteiger partial charge in [0.2, 0.25) is 5.91 Å². The van der Waals surface area contributed by atoms with Crippen LogP contribution in [0.4, 0.5) is 0 Å². The maximum absolute atomic E-state index is 13.6. The van der Waals surface area contributed by atoms with Gasteiger partial charge in [0.15, 0.2) is 11.0 Å². The number of aromatic nitrogens is 3. The number of benzene rings is 1.